The number of allylic oxidation sites excluding steroid dienone is 4. The molecular formula is C12H11AlO2S. The van der Waals surface area contributed by atoms with E-state index in [9.17, 15) is 9.90 Å². The zero-order valence-electron chi connectivity index (χ0n) is 8.99. The lowest BCUT2D eigenvalue weighted by Gasteiger charge is -2.08. The molecule has 1 aliphatic carbocycles. The molecule has 0 fully saturated rings. The van der Waals surface area contributed by atoms with Gasteiger partial charge in [-0.3, -0.25) is 4.79 Å². The minimum atomic E-state index is -0.0558. The molecule has 0 saturated carbocycles. The highest BCUT2D eigenvalue weighted by Gasteiger charge is 2.14. The van der Waals surface area contributed by atoms with Crippen molar-refractivity contribution in [3.05, 3.63) is 50.3 Å². The van der Waals surface area contributed by atoms with Crippen LogP contribution in [0.2, 0.25) is 0 Å². The molecule has 2 nitrogen and oxygen atoms in total. The van der Waals surface area contributed by atoms with Gasteiger partial charge in [0.1, 0.15) is 0 Å². The Kier molecular flexibility index (Phi) is 3.27. The Labute approximate surface area is 106 Å². The summed E-state index contributed by atoms with van der Waals surface area (Å²) in [5.74, 6) is 0. The summed E-state index contributed by atoms with van der Waals surface area (Å²) < 4.78 is 0.760. The van der Waals surface area contributed by atoms with Crippen LogP contribution in [0.1, 0.15) is 15.3 Å². The Hall–Kier alpha value is -0.918. The predicted octanol–water partition coefficient (Wildman–Crippen LogP) is 0.455. The quantitative estimate of drug-likeness (QED) is 0.731. The largest absolute Gasteiger partial charge is 0.391 e. The highest BCUT2D eigenvalue weighted by Crippen LogP contribution is 2.24. The van der Waals surface area contributed by atoms with E-state index in [0.717, 1.165) is 19.8 Å². The minimum Gasteiger partial charge on any atom is -0.391 e. The molecule has 2 rings (SSSR count). The Morgan fingerprint density at radius 3 is 2.75 bits per heavy atom. The normalized spacial score (nSPS) is 13.7. The lowest BCUT2D eigenvalue weighted by Crippen LogP contribution is -2.31. The van der Waals surface area contributed by atoms with E-state index >= 15 is 0 Å². The van der Waals surface area contributed by atoms with Crippen LogP contribution in [0.4, 0.5) is 0 Å². The minimum absolute atomic E-state index is 0.0330. The summed E-state index contributed by atoms with van der Waals surface area (Å²) in [5, 5.41) is 9.21. The second kappa shape index (κ2) is 4.52. The third-order valence-corrected chi connectivity index (χ3v) is 5.25. The fraction of sp³-hybridized carbons (Fsp3) is 0.0833. The van der Waals surface area contributed by atoms with Gasteiger partial charge in [-0.2, -0.15) is 0 Å². The van der Waals surface area contributed by atoms with E-state index in [1.165, 1.54) is 11.3 Å². The molecule has 0 amide bonds. The second-order valence-corrected chi connectivity index (χ2v) is 5.76. The zero-order chi connectivity index (χ0) is 11.7. The monoisotopic (exact) mass is 246 g/mol. The van der Waals surface area contributed by atoms with E-state index in [0.29, 0.717) is 21.9 Å². The van der Waals surface area contributed by atoms with Gasteiger partial charge < -0.3 is 5.11 Å². The molecule has 0 aliphatic heterocycles. The van der Waals surface area contributed by atoms with Crippen molar-refractivity contribution in [1.82, 2.24) is 0 Å². The fourth-order valence-corrected chi connectivity index (χ4v) is 3.42. The first-order valence-electron chi connectivity index (χ1n) is 4.96. The molecule has 0 atom stereocenters. The van der Waals surface area contributed by atoms with E-state index in [1.807, 2.05) is 24.3 Å². The van der Waals surface area contributed by atoms with Gasteiger partial charge in [-0.1, -0.05) is 29.2 Å². The zero-order valence-corrected chi connectivity index (χ0v) is 11.8. The molecule has 1 N–H and O–H groups in total. The number of aliphatic hydroxyl groups is 1. The second-order valence-electron chi connectivity index (χ2n) is 3.62. The predicted molar refractivity (Wildman–Crippen MR) is 71.9 cm³/mol. The Balaban J connectivity index is 2.81. The molecule has 1 aliphatic rings. The molecule has 80 valence electrons. The summed E-state index contributed by atoms with van der Waals surface area (Å²) in [6.07, 6.45) is 7.51. The van der Waals surface area contributed by atoms with E-state index in [2.05, 4.69) is 6.58 Å². The number of rotatable bonds is 1. The van der Waals surface area contributed by atoms with Gasteiger partial charge in [-0.15, -0.1) is 11.3 Å². The summed E-state index contributed by atoms with van der Waals surface area (Å²) >= 11 is 2.13. The van der Waals surface area contributed by atoms with Gasteiger partial charge in [-0.25, -0.2) is 0 Å². The summed E-state index contributed by atoms with van der Waals surface area (Å²) in [7, 11) is 0. The summed E-state index contributed by atoms with van der Waals surface area (Å²) in [5.41, 5.74) is 1.48. The molecular weight excluding hydrogens is 235 g/mol. The first kappa shape index (κ1) is 11.6. The highest BCUT2D eigenvalue weighted by molar-refractivity contribution is 7.13. The van der Waals surface area contributed by atoms with Crippen LogP contribution >= 0.6 is 11.3 Å². The number of fused-ring (bicyclic) bond motifs is 1. The van der Waals surface area contributed by atoms with Crippen molar-refractivity contribution in [1.29, 1.82) is 0 Å². The van der Waals surface area contributed by atoms with Crippen LogP contribution < -0.4 is 9.85 Å². The molecule has 0 unspecified atom stereocenters. The molecule has 0 saturated heterocycles. The maximum absolute atomic E-state index is 12.2. The Morgan fingerprint density at radius 2 is 2.06 bits per heavy atom. The average molecular weight is 246 g/mol. The lowest BCUT2D eigenvalue weighted by atomic mass is 10.1. The van der Waals surface area contributed by atoms with Crippen LogP contribution in [0.25, 0.3) is 11.6 Å². The molecule has 4 heteroatoms. The fourth-order valence-electron chi connectivity index (χ4n) is 1.66. The maximum atomic E-state index is 12.2. The lowest BCUT2D eigenvalue weighted by molar-refractivity contribution is 0.286. The first-order valence-corrected chi connectivity index (χ1v) is 6.78. The van der Waals surface area contributed by atoms with Crippen molar-refractivity contribution in [3.63, 3.8) is 0 Å². The molecule has 0 spiro atoms. The van der Waals surface area contributed by atoms with Crippen LogP contribution in [0.3, 0.4) is 0 Å². The van der Waals surface area contributed by atoms with Crippen molar-refractivity contribution >= 4 is 43.7 Å². The number of hydrogen-bond acceptors (Lipinski definition) is 3. The molecule has 1 heterocycles. The topological polar surface area (TPSA) is 37.3 Å². The molecule has 0 radical (unpaired) electrons. The van der Waals surface area contributed by atoms with Crippen LogP contribution in [0.5, 0.6) is 0 Å². The standard InChI is InChI=1S/C12H9O2S.Al.2H/c1-8-4-2-3-5-11-12(8)10(14)6-9(7-13)15-11;;;/h2-5,13H,1,7H2;;;. The van der Waals surface area contributed by atoms with Gasteiger partial charge in [0.05, 0.1) is 6.61 Å². The van der Waals surface area contributed by atoms with Crippen molar-refractivity contribution in [2.75, 3.05) is 0 Å². The van der Waals surface area contributed by atoms with Gasteiger partial charge in [0, 0.05) is 15.3 Å². The van der Waals surface area contributed by atoms with E-state index in [1.54, 1.807) is 0 Å². The van der Waals surface area contributed by atoms with Gasteiger partial charge in [0.2, 0.25) is 0 Å². The van der Waals surface area contributed by atoms with E-state index in [4.69, 9.17) is 0 Å². The number of aliphatic hydroxyl groups excluding tert-OH is 1. The third-order valence-electron chi connectivity index (χ3n) is 2.59. The molecule has 1 aromatic heterocycles. The van der Waals surface area contributed by atoms with E-state index < -0.39 is 0 Å². The maximum Gasteiger partial charge on any atom is 0.267 e. The van der Waals surface area contributed by atoms with Crippen LogP contribution in [-0.4, -0.2) is 21.4 Å². The molecule has 0 aromatic carbocycles. The average Bonchev–Trinajstić information content (AvgIpc) is 2.45. The SMILES string of the molecule is C=C1C=CC=Cc2sc(CO)[c]([AlH2])c(=O)c21. The van der Waals surface area contributed by atoms with Gasteiger partial charge >= 0.3 is 0 Å². The molecule has 0 bridgehead atoms. The van der Waals surface area contributed by atoms with Crippen molar-refractivity contribution in [2.24, 2.45) is 0 Å². The van der Waals surface area contributed by atoms with Crippen LogP contribution in [0.15, 0.2) is 29.6 Å². The highest BCUT2D eigenvalue weighted by atomic mass is 32.1. The summed E-state index contributed by atoms with van der Waals surface area (Å²) in [4.78, 5) is 13.8. The third kappa shape index (κ3) is 1.86. The van der Waals surface area contributed by atoms with Gasteiger partial charge in [0.25, 0.3) is 16.3 Å². The Morgan fingerprint density at radius 1 is 1.38 bits per heavy atom. The van der Waals surface area contributed by atoms with Gasteiger partial charge in [0.15, 0.2) is 5.43 Å². The first-order chi connectivity index (χ1) is 7.65. The van der Waals surface area contributed by atoms with Crippen molar-refractivity contribution in [3.8, 4) is 0 Å². The molecule has 1 aromatic rings. The number of hydrogen-bond donors (Lipinski definition) is 1. The van der Waals surface area contributed by atoms with Crippen molar-refractivity contribution < 1.29 is 5.11 Å². The van der Waals surface area contributed by atoms with E-state index in [-0.39, 0.29) is 12.0 Å². The van der Waals surface area contributed by atoms with Crippen LogP contribution in [0, 0.1) is 0 Å². The van der Waals surface area contributed by atoms with Gasteiger partial charge in [-0.05, 0) is 11.6 Å². The van der Waals surface area contributed by atoms with Crippen molar-refractivity contribution in [2.45, 2.75) is 6.61 Å². The van der Waals surface area contributed by atoms with Crippen LogP contribution in [-0.2, 0) is 6.61 Å². The summed E-state index contributed by atoms with van der Waals surface area (Å²) in [6.45, 7) is 3.85. The smallest absolute Gasteiger partial charge is 0.267 e. The molecule has 16 heavy (non-hydrogen) atoms. The Bertz CT molecular complexity index is 567. The summed E-state index contributed by atoms with van der Waals surface area (Å²) in [6, 6.07) is 0.